The van der Waals surface area contributed by atoms with Gasteiger partial charge in [-0.2, -0.15) is 0 Å². The van der Waals surface area contributed by atoms with Crippen LogP contribution in [0, 0.1) is 0 Å². The highest BCUT2D eigenvalue weighted by Gasteiger charge is 2.25. The molecule has 9 heteroatoms. The fourth-order valence-electron chi connectivity index (χ4n) is 13.3. The van der Waals surface area contributed by atoms with Gasteiger partial charge in [0.25, 0.3) is 6.29 Å². The number of carboxylic acids is 1. The molecule has 0 aliphatic carbocycles. The predicted molar refractivity (Wildman–Crippen MR) is 456 cm³/mol. The summed E-state index contributed by atoms with van der Waals surface area (Å²) in [5, 5.41) is 9.79. The molecule has 0 aromatic rings. The summed E-state index contributed by atoms with van der Waals surface area (Å²) in [6, 6.07) is 0. The standard InChI is InChI=1S/C96H171NO8/c1-6-8-10-12-14-16-18-20-22-24-26-28-30-32-34-36-38-40-42-44-46-47-49-50-52-54-56-58-60-62-64-66-68-70-72-74-76-78-80-82-84-86-93(98)103-90-92(91-104-96(95(100)101)102-89-88-97(3,4)5)105-94(99)87-85-83-81-79-77-75-73-71-69-67-65-63-61-59-57-55-53-51-48-45-43-41-39-37-35-33-31-29-27-25-23-21-19-17-15-13-11-9-7-2/h9,11,15,17,21,23,27,29,33,35,39,41,45,48,53,55,59,61,92,96H,6-8,10,12-14,16,18-20,22,24-26,28,30-32,34,36-38,40,42-44,46-47,49-52,54,56-58,60,62-91H2,1-5H3/p+1/b11-9-,17-15-,23-21-,29-27-,35-33-,41-39-,48-45-,55-53-,61-59-. The molecular formula is C96H172NO8+. The number of likely N-dealkylation sites (N-methyl/N-ethyl adjacent to an activating group) is 1. The van der Waals surface area contributed by atoms with Gasteiger partial charge in [-0.1, -0.05) is 438 Å². The third kappa shape index (κ3) is 87.1. The lowest BCUT2D eigenvalue weighted by Crippen LogP contribution is -2.40. The van der Waals surface area contributed by atoms with Crippen LogP contribution in [0.5, 0.6) is 0 Å². The summed E-state index contributed by atoms with van der Waals surface area (Å²) in [6.45, 7) is 4.82. The van der Waals surface area contributed by atoms with Gasteiger partial charge in [0.2, 0.25) is 0 Å². The van der Waals surface area contributed by atoms with Crippen LogP contribution in [0.1, 0.15) is 425 Å². The Kier molecular flexibility index (Phi) is 82.3. The van der Waals surface area contributed by atoms with Gasteiger partial charge in [-0.3, -0.25) is 9.59 Å². The molecule has 2 atom stereocenters. The van der Waals surface area contributed by atoms with Crippen LogP contribution in [-0.4, -0.2) is 87.4 Å². The maximum absolute atomic E-state index is 13.0. The van der Waals surface area contributed by atoms with Crippen molar-refractivity contribution >= 4 is 17.9 Å². The van der Waals surface area contributed by atoms with Crippen molar-refractivity contribution in [3.63, 3.8) is 0 Å². The molecule has 0 saturated carbocycles. The number of carbonyl (C=O) groups excluding carboxylic acids is 2. The van der Waals surface area contributed by atoms with E-state index in [1.54, 1.807) is 0 Å². The number of esters is 2. The average molecular weight is 1470 g/mol. The number of carbonyl (C=O) groups is 3. The van der Waals surface area contributed by atoms with E-state index in [1.165, 1.54) is 289 Å². The molecule has 0 spiro atoms. The number of quaternary nitrogens is 1. The van der Waals surface area contributed by atoms with E-state index in [-0.39, 0.29) is 32.2 Å². The minimum atomic E-state index is -1.52. The van der Waals surface area contributed by atoms with Crippen molar-refractivity contribution in [1.29, 1.82) is 0 Å². The Morgan fingerprint density at radius 2 is 0.543 bits per heavy atom. The number of rotatable bonds is 84. The molecule has 105 heavy (non-hydrogen) atoms. The van der Waals surface area contributed by atoms with Crippen LogP contribution in [0.25, 0.3) is 0 Å². The van der Waals surface area contributed by atoms with Crippen LogP contribution in [-0.2, 0) is 33.3 Å². The van der Waals surface area contributed by atoms with E-state index < -0.39 is 24.3 Å². The number of aliphatic carboxylic acids is 1. The van der Waals surface area contributed by atoms with Gasteiger partial charge < -0.3 is 28.5 Å². The zero-order valence-electron chi connectivity index (χ0n) is 69.9. The summed E-state index contributed by atoms with van der Waals surface area (Å²) >= 11 is 0. The van der Waals surface area contributed by atoms with Gasteiger partial charge in [0.05, 0.1) is 34.4 Å². The first-order valence-corrected chi connectivity index (χ1v) is 45.1. The van der Waals surface area contributed by atoms with Gasteiger partial charge in [0.15, 0.2) is 6.10 Å². The summed E-state index contributed by atoms with van der Waals surface area (Å²) in [5.41, 5.74) is 0. The molecule has 0 fully saturated rings. The molecule has 2 unspecified atom stereocenters. The summed E-state index contributed by atoms with van der Waals surface area (Å²) in [5.74, 6) is -1.99. The van der Waals surface area contributed by atoms with Crippen molar-refractivity contribution in [2.45, 2.75) is 437 Å². The molecule has 0 aliphatic rings. The quantitative estimate of drug-likeness (QED) is 0.0211. The van der Waals surface area contributed by atoms with Gasteiger partial charge in [-0.05, 0) is 83.5 Å². The molecule has 0 amide bonds. The molecule has 0 aliphatic heterocycles. The van der Waals surface area contributed by atoms with E-state index >= 15 is 0 Å². The number of allylic oxidation sites excluding steroid dienone is 18. The number of unbranched alkanes of at least 4 members (excludes halogenated alkanes) is 51. The molecule has 9 nitrogen and oxygen atoms in total. The zero-order valence-corrected chi connectivity index (χ0v) is 69.9. The second-order valence-electron chi connectivity index (χ2n) is 31.5. The Bertz CT molecular complexity index is 2110. The largest absolute Gasteiger partial charge is 0.477 e. The van der Waals surface area contributed by atoms with Gasteiger partial charge in [0, 0.05) is 12.8 Å². The van der Waals surface area contributed by atoms with Crippen LogP contribution in [0.4, 0.5) is 0 Å². The fourth-order valence-corrected chi connectivity index (χ4v) is 13.3. The van der Waals surface area contributed by atoms with E-state index in [1.807, 2.05) is 21.1 Å². The molecule has 0 bridgehead atoms. The van der Waals surface area contributed by atoms with Crippen LogP contribution in [0.3, 0.4) is 0 Å². The minimum absolute atomic E-state index is 0.183. The Balaban J connectivity index is 3.96. The third-order valence-electron chi connectivity index (χ3n) is 20.0. The van der Waals surface area contributed by atoms with Gasteiger partial charge >= 0.3 is 17.9 Å². The molecule has 1 N–H and O–H groups in total. The number of hydrogen-bond donors (Lipinski definition) is 1. The topological polar surface area (TPSA) is 108 Å². The van der Waals surface area contributed by atoms with E-state index in [0.717, 1.165) is 103 Å². The second-order valence-corrected chi connectivity index (χ2v) is 31.5. The summed E-state index contributed by atoms with van der Waals surface area (Å²) in [7, 11) is 5.99. The molecule has 608 valence electrons. The Morgan fingerprint density at radius 1 is 0.295 bits per heavy atom. The van der Waals surface area contributed by atoms with Gasteiger partial charge in [-0.15, -0.1) is 0 Å². The van der Waals surface area contributed by atoms with E-state index in [0.29, 0.717) is 23.9 Å². The smallest absolute Gasteiger partial charge is 0.361 e. The molecule has 0 radical (unpaired) electrons. The average Bonchev–Trinajstić information content (AvgIpc) is 1.97. The number of nitrogens with zero attached hydrogens (tertiary/aromatic N) is 1. The molecule has 0 aromatic carbocycles. The lowest BCUT2D eigenvalue weighted by atomic mass is 10.0. The third-order valence-corrected chi connectivity index (χ3v) is 20.0. The van der Waals surface area contributed by atoms with Crippen molar-refractivity contribution in [2.75, 3.05) is 47.5 Å². The molecule has 0 rings (SSSR count). The van der Waals surface area contributed by atoms with Gasteiger partial charge in [0.1, 0.15) is 13.2 Å². The first-order chi connectivity index (χ1) is 51.6. The van der Waals surface area contributed by atoms with Crippen molar-refractivity contribution in [2.24, 2.45) is 0 Å². The van der Waals surface area contributed by atoms with E-state index in [9.17, 15) is 19.5 Å². The lowest BCUT2D eigenvalue weighted by Gasteiger charge is -2.25. The highest BCUT2D eigenvalue weighted by atomic mass is 16.7. The van der Waals surface area contributed by atoms with Crippen molar-refractivity contribution in [1.82, 2.24) is 0 Å². The SMILES string of the molecule is CC/C=C\C/C=C\C/C=C\C/C=C\C/C=C\C/C=C\C/C=C\C/C=C\C/C=C\CCCCCCCCCCCCCC(=O)OC(COC(=O)CCCCCCCCCCCCCCCCCCCCCCCCCCCCCCCCCCCCCCCCCCC)COC(OCC[N+](C)(C)C)C(=O)O. The van der Waals surface area contributed by atoms with Crippen LogP contribution in [0.15, 0.2) is 109 Å². The number of hydrogen-bond acceptors (Lipinski definition) is 7. The maximum Gasteiger partial charge on any atom is 0.361 e. The Labute approximate surface area is 651 Å². The Morgan fingerprint density at radius 3 is 0.810 bits per heavy atom. The van der Waals surface area contributed by atoms with Crippen LogP contribution >= 0.6 is 0 Å². The number of ether oxygens (including phenoxy) is 4. The fraction of sp³-hybridized carbons (Fsp3) is 0.781. The predicted octanol–water partition coefficient (Wildman–Crippen LogP) is 29.6. The van der Waals surface area contributed by atoms with Crippen molar-refractivity contribution in [3.8, 4) is 0 Å². The van der Waals surface area contributed by atoms with E-state index in [2.05, 4.69) is 123 Å². The molecule has 0 heterocycles. The van der Waals surface area contributed by atoms with Crippen molar-refractivity contribution in [3.05, 3.63) is 109 Å². The second kappa shape index (κ2) is 85.6. The first-order valence-electron chi connectivity index (χ1n) is 45.1. The highest BCUT2D eigenvalue weighted by Crippen LogP contribution is 2.20. The lowest BCUT2D eigenvalue weighted by molar-refractivity contribution is -0.870. The Hall–Kier alpha value is -4.05. The van der Waals surface area contributed by atoms with E-state index in [4.69, 9.17) is 18.9 Å². The van der Waals surface area contributed by atoms with Crippen molar-refractivity contribution < 1.29 is 42.9 Å². The molecule has 0 aromatic heterocycles. The van der Waals surface area contributed by atoms with Gasteiger partial charge in [-0.25, -0.2) is 4.79 Å². The maximum atomic E-state index is 13.0. The summed E-state index contributed by atoms with van der Waals surface area (Å²) in [6.07, 6.45) is 119. The monoisotopic (exact) mass is 1470 g/mol. The highest BCUT2D eigenvalue weighted by molar-refractivity contribution is 5.71. The molecule has 0 saturated heterocycles. The molecular weight excluding hydrogens is 1300 g/mol. The zero-order chi connectivity index (χ0) is 76.0. The normalized spacial score (nSPS) is 13.1. The summed E-state index contributed by atoms with van der Waals surface area (Å²) < 4.78 is 23.1. The first kappa shape index (κ1) is 101. The summed E-state index contributed by atoms with van der Waals surface area (Å²) in [4.78, 5) is 37.8. The number of carboxylic acid groups (broad SMARTS) is 1. The van der Waals surface area contributed by atoms with Crippen LogP contribution < -0.4 is 0 Å². The van der Waals surface area contributed by atoms with Crippen LogP contribution in [0.2, 0.25) is 0 Å². The minimum Gasteiger partial charge on any atom is -0.477 e.